The van der Waals surface area contributed by atoms with Crippen molar-refractivity contribution in [3.8, 4) is 17.6 Å². The number of methoxy groups -OCH3 is 2. The van der Waals surface area contributed by atoms with E-state index in [9.17, 15) is 28.0 Å². The van der Waals surface area contributed by atoms with Crippen molar-refractivity contribution >= 4 is 18.1 Å². The summed E-state index contributed by atoms with van der Waals surface area (Å²) in [6.07, 6.45) is -3.96. The first-order valence-corrected chi connectivity index (χ1v) is 12.2. The van der Waals surface area contributed by atoms with Crippen molar-refractivity contribution in [2.24, 2.45) is 0 Å². The van der Waals surface area contributed by atoms with E-state index in [0.717, 1.165) is 0 Å². The molecule has 0 amide bonds. The van der Waals surface area contributed by atoms with E-state index in [4.69, 9.17) is 9.47 Å². The standard InChI is InChI=1S/C21H24F3N5O3.C5H10O2/c1-31-16-6-13(7-17(9-16)32-2)5-15(30)8-19-18(10-25)20(27-12-21(22,23)24)29(28-19)14-3-4-26-11-14;1-5(2,3)7-4-6/h6-7,9,14,26-27H,3-5,8,11-12H2,1-2H3;4H,1-3H3/t14-;/m0./s1. The van der Waals surface area contributed by atoms with Crippen LogP contribution in [0.2, 0.25) is 0 Å². The molecular formula is C26H34F3N5O5. The summed E-state index contributed by atoms with van der Waals surface area (Å²) in [7, 11) is 3.00. The number of anilines is 1. The lowest BCUT2D eigenvalue weighted by molar-refractivity contribution is -0.138. The maximum Gasteiger partial charge on any atom is 0.405 e. The van der Waals surface area contributed by atoms with Crippen LogP contribution in [0, 0.1) is 11.3 Å². The molecule has 2 heterocycles. The number of carbonyl (C=O) groups is 2. The number of hydrogen-bond donors (Lipinski definition) is 2. The number of nitrogens with zero attached hydrogens (tertiary/aromatic N) is 3. The average Bonchev–Trinajstić information content (AvgIpc) is 3.49. The largest absolute Gasteiger partial charge is 0.497 e. The van der Waals surface area contributed by atoms with Gasteiger partial charge in [0.25, 0.3) is 6.47 Å². The Kier molecular flexibility index (Phi) is 11.2. The minimum Gasteiger partial charge on any atom is -0.497 e. The number of halogens is 3. The van der Waals surface area contributed by atoms with Gasteiger partial charge in [0, 0.05) is 19.0 Å². The fraction of sp³-hybridized carbons (Fsp3) is 0.538. The molecule has 2 aromatic rings. The summed E-state index contributed by atoms with van der Waals surface area (Å²) in [6, 6.07) is 6.80. The number of aromatic nitrogens is 2. The Balaban J connectivity index is 0.000000673. The molecular weight excluding hydrogens is 519 g/mol. The number of nitriles is 1. The van der Waals surface area contributed by atoms with Gasteiger partial charge in [0.05, 0.1) is 32.4 Å². The highest BCUT2D eigenvalue weighted by Gasteiger charge is 2.31. The Bertz CT molecular complexity index is 1140. The summed E-state index contributed by atoms with van der Waals surface area (Å²) in [5.41, 5.74) is 0.447. The zero-order valence-corrected chi connectivity index (χ0v) is 22.6. The Labute approximate surface area is 225 Å². The van der Waals surface area contributed by atoms with Gasteiger partial charge in [-0.05, 0) is 51.4 Å². The molecule has 1 atom stereocenters. The van der Waals surface area contributed by atoms with Gasteiger partial charge in [-0.3, -0.25) is 9.59 Å². The van der Waals surface area contributed by atoms with Crippen LogP contribution in [0.5, 0.6) is 11.5 Å². The van der Waals surface area contributed by atoms with E-state index in [1.165, 1.54) is 18.9 Å². The molecule has 1 fully saturated rings. The van der Waals surface area contributed by atoms with Crippen LogP contribution in [0.4, 0.5) is 19.0 Å². The first-order chi connectivity index (χ1) is 18.3. The molecule has 1 aromatic carbocycles. The van der Waals surface area contributed by atoms with Gasteiger partial charge in [0.2, 0.25) is 0 Å². The van der Waals surface area contributed by atoms with Gasteiger partial charge in [0.1, 0.15) is 46.9 Å². The van der Waals surface area contributed by atoms with E-state index in [1.54, 1.807) is 18.2 Å². The van der Waals surface area contributed by atoms with E-state index in [2.05, 4.69) is 20.5 Å². The monoisotopic (exact) mass is 553 g/mol. The van der Waals surface area contributed by atoms with Crippen LogP contribution in [0.25, 0.3) is 0 Å². The zero-order chi connectivity index (χ0) is 29.2. The van der Waals surface area contributed by atoms with Gasteiger partial charge in [0.15, 0.2) is 0 Å². The van der Waals surface area contributed by atoms with Gasteiger partial charge in [-0.2, -0.15) is 23.5 Å². The summed E-state index contributed by atoms with van der Waals surface area (Å²) in [5, 5.41) is 19.4. The molecule has 0 saturated carbocycles. The molecule has 13 heteroatoms. The van der Waals surface area contributed by atoms with Crippen molar-refractivity contribution in [3.05, 3.63) is 35.0 Å². The number of ketones is 1. The fourth-order valence-corrected chi connectivity index (χ4v) is 3.78. The number of rotatable bonds is 10. The smallest absolute Gasteiger partial charge is 0.405 e. The molecule has 1 aromatic heterocycles. The summed E-state index contributed by atoms with van der Waals surface area (Å²) in [5.74, 6) is 0.806. The van der Waals surface area contributed by atoms with Crippen LogP contribution in [-0.2, 0) is 27.2 Å². The summed E-state index contributed by atoms with van der Waals surface area (Å²) < 4.78 is 54.8. The Morgan fingerprint density at radius 2 is 1.85 bits per heavy atom. The normalized spacial score (nSPS) is 15.0. The van der Waals surface area contributed by atoms with E-state index in [0.29, 0.717) is 43.0 Å². The Morgan fingerprint density at radius 1 is 1.21 bits per heavy atom. The molecule has 214 valence electrons. The third kappa shape index (κ3) is 10.1. The van der Waals surface area contributed by atoms with Crippen molar-refractivity contribution in [2.75, 3.05) is 39.2 Å². The highest BCUT2D eigenvalue weighted by atomic mass is 19.4. The lowest BCUT2D eigenvalue weighted by atomic mass is 10.0. The topological polar surface area (TPSA) is 128 Å². The van der Waals surface area contributed by atoms with Gasteiger partial charge < -0.3 is 24.8 Å². The van der Waals surface area contributed by atoms with Gasteiger partial charge in [-0.25, -0.2) is 4.68 Å². The Morgan fingerprint density at radius 3 is 2.28 bits per heavy atom. The van der Waals surface area contributed by atoms with Crippen LogP contribution in [-0.4, -0.2) is 67.7 Å². The first kappa shape index (κ1) is 31.4. The van der Waals surface area contributed by atoms with Crippen molar-refractivity contribution in [1.82, 2.24) is 15.1 Å². The van der Waals surface area contributed by atoms with Crippen molar-refractivity contribution in [3.63, 3.8) is 0 Å². The van der Waals surface area contributed by atoms with Crippen LogP contribution in [0.3, 0.4) is 0 Å². The minimum absolute atomic E-state index is 0.00984. The number of ether oxygens (including phenoxy) is 3. The zero-order valence-electron chi connectivity index (χ0n) is 22.6. The molecule has 0 unspecified atom stereocenters. The number of carbonyl (C=O) groups excluding carboxylic acids is 2. The summed E-state index contributed by atoms with van der Waals surface area (Å²) in [6.45, 7) is 5.83. The third-order valence-electron chi connectivity index (χ3n) is 5.51. The Hall–Kier alpha value is -3.79. The van der Waals surface area contributed by atoms with Gasteiger partial charge >= 0.3 is 6.18 Å². The fourth-order valence-electron chi connectivity index (χ4n) is 3.78. The number of Topliss-reactive ketones (excluding diaryl/α,β-unsaturated/α-hetero) is 1. The van der Waals surface area contributed by atoms with Gasteiger partial charge in [-0.1, -0.05) is 0 Å². The molecule has 0 aliphatic carbocycles. The molecule has 2 N–H and O–H groups in total. The average molecular weight is 554 g/mol. The highest BCUT2D eigenvalue weighted by Crippen LogP contribution is 2.29. The lowest BCUT2D eigenvalue weighted by Gasteiger charge is -2.16. The van der Waals surface area contributed by atoms with E-state index >= 15 is 0 Å². The molecule has 3 rings (SSSR count). The van der Waals surface area contributed by atoms with Crippen LogP contribution in [0.1, 0.15) is 50.1 Å². The summed E-state index contributed by atoms with van der Waals surface area (Å²) in [4.78, 5) is 22.4. The van der Waals surface area contributed by atoms with E-state index in [-0.39, 0.29) is 47.3 Å². The van der Waals surface area contributed by atoms with Crippen molar-refractivity contribution < 1.29 is 37.0 Å². The summed E-state index contributed by atoms with van der Waals surface area (Å²) >= 11 is 0. The molecule has 10 nitrogen and oxygen atoms in total. The van der Waals surface area contributed by atoms with Crippen LogP contribution in [0.15, 0.2) is 18.2 Å². The predicted molar refractivity (Wildman–Crippen MR) is 137 cm³/mol. The predicted octanol–water partition coefficient (Wildman–Crippen LogP) is 3.59. The minimum atomic E-state index is -4.46. The number of alkyl halides is 3. The highest BCUT2D eigenvalue weighted by molar-refractivity contribution is 5.84. The number of nitrogens with one attached hydrogen (secondary N) is 2. The van der Waals surface area contributed by atoms with Crippen molar-refractivity contribution in [1.29, 1.82) is 5.26 Å². The molecule has 0 spiro atoms. The number of benzene rings is 1. The van der Waals surface area contributed by atoms with E-state index in [1.807, 2.05) is 26.8 Å². The third-order valence-corrected chi connectivity index (χ3v) is 5.51. The molecule has 1 aliphatic rings. The molecule has 1 saturated heterocycles. The lowest BCUT2D eigenvalue weighted by Crippen LogP contribution is -2.25. The molecule has 0 radical (unpaired) electrons. The van der Waals surface area contributed by atoms with Crippen LogP contribution < -0.4 is 20.1 Å². The van der Waals surface area contributed by atoms with Gasteiger partial charge in [-0.15, -0.1) is 0 Å². The van der Waals surface area contributed by atoms with Crippen LogP contribution >= 0.6 is 0 Å². The second-order valence-electron chi connectivity index (χ2n) is 9.78. The van der Waals surface area contributed by atoms with E-state index < -0.39 is 12.7 Å². The van der Waals surface area contributed by atoms with Crippen molar-refractivity contribution in [2.45, 2.75) is 57.9 Å². The first-order valence-electron chi connectivity index (χ1n) is 12.2. The number of hydrogen-bond acceptors (Lipinski definition) is 9. The second kappa shape index (κ2) is 13.8. The maximum atomic E-state index is 12.8. The second-order valence-corrected chi connectivity index (χ2v) is 9.78. The SMILES string of the molecule is CC(C)(C)OC=O.COc1cc(CC(=O)Cc2nn([C@H]3CCNC3)c(NCC(F)(F)F)c2C#N)cc(OC)c1. The molecule has 1 aliphatic heterocycles. The quantitative estimate of drug-likeness (QED) is 0.424. The maximum absolute atomic E-state index is 12.8. The molecule has 0 bridgehead atoms. The molecule has 39 heavy (non-hydrogen) atoms.